The molecular weight excluding hydrogens is 282 g/mol. The molecule has 0 atom stereocenters. The van der Waals surface area contributed by atoms with Crippen molar-refractivity contribution >= 4 is 17.8 Å². The van der Waals surface area contributed by atoms with E-state index in [0.717, 1.165) is 12.8 Å². The van der Waals surface area contributed by atoms with Crippen LogP contribution in [0.1, 0.15) is 66.2 Å². The van der Waals surface area contributed by atoms with Gasteiger partial charge in [0.25, 0.3) is 11.8 Å². The van der Waals surface area contributed by atoms with Crippen molar-refractivity contribution in [3.05, 3.63) is 0 Å². The van der Waals surface area contributed by atoms with Gasteiger partial charge in [-0.1, -0.05) is 27.7 Å². The number of hydroxylamine groups is 2. The molecule has 5 nitrogen and oxygen atoms in total. The fourth-order valence-electron chi connectivity index (χ4n) is 2.31. The third-order valence-corrected chi connectivity index (χ3v) is 3.88. The number of terminal acetylenes is 1. The van der Waals surface area contributed by atoms with Gasteiger partial charge in [0.15, 0.2) is 0 Å². The molecule has 0 aromatic carbocycles. The highest BCUT2D eigenvalue weighted by Gasteiger charge is 2.34. The van der Waals surface area contributed by atoms with Crippen LogP contribution in [-0.2, 0) is 19.2 Å². The van der Waals surface area contributed by atoms with Crippen LogP contribution in [0.25, 0.3) is 0 Å². The van der Waals surface area contributed by atoms with Gasteiger partial charge in [0.2, 0.25) is 0 Å². The second-order valence-electron chi connectivity index (χ2n) is 7.43. The van der Waals surface area contributed by atoms with Crippen molar-refractivity contribution in [2.45, 2.75) is 66.2 Å². The predicted molar refractivity (Wildman–Crippen MR) is 82.0 cm³/mol. The van der Waals surface area contributed by atoms with Crippen molar-refractivity contribution in [2.75, 3.05) is 0 Å². The monoisotopic (exact) mass is 307 g/mol. The summed E-state index contributed by atoms with van der Waals surface area (Å²) < 4.78 is 0. The zero-order valence-electron chi connectivity index (χ0n) is 13.9. The maximum absolute atomic E-state index is 12.0. The molecule has 0 saturated carbocycles. The van der Waals surface area contributed by atoms with Crippen molar-refractivity contribution in [2.24, 2.45) is 10.8 Å². The van der Waals surface area contributed by atoms with Gasteiger partial charge in [-0.2, -0.15) is 0 Å². The van der Waals surface area contributed by atoms with E-state index in [0.29, 0.717) is 11.5 Å². The number of amides is 2. The lowest BCUT2D eigenvalue weighted by atomic mass is 9.76. The van der Waals surface area contributed by atoms with Crippen LogP contribution in [0.15, 0.2) is 0 Å². The topological polar surface area (TPSA) is 63.7 Å². The number of rotatable bonds is 7. The van der Waals surface area contributed by atoms with Crippen LogP contribution >= 0.6 is 0 Å². The van der Waals surface area contributed by atoms with Crippen LogP contribution in [0, 0.1) is 23.2 Å². The predicted octanol–water partition coefficient (Wildman–Crippen LogP) is 2.84. The molecule has 1 aliphatic rings. The Morgan fingerprint density at radius 3 is 2.14 bits per heavy atom. The number of imide groups is 1. The molecule has 22 heavy (non-hydrogen) atoms. The van der Waals surface area contributed by atoms with Crippen LogP contribution in [0.5, 0.6) is 0 Å². The van der Waals surface area contributed by atoms with Gasteiger partial charge in [0.1, 0.15) is 0 Å². The first-order valence-electron chi connectivity index (χ1n) is 7.56. The van der Waals surface area contributed by atoms with Crippen molar-refractivity contribution in [1.29, 1.82) is 0 Å². The minimum absolute atomic E-state index is 0.0246. The standard InChI is InChI=1S/C17H25NO4/c1-6-9-16(2,3)10-11-17(4,5)12-15(21)22-18-13(19)7-8-14(18)20/h1H,7-12H2,2-5H3. The number of nitrogens with zero attached hydrogens (tertiary/aromatic N) is 1. The summed E-state index contributed by atoms with van der Waals surface area (Å²) in [6, 6.07) is 0. The van der Waals surface area contributed by atoms with Gasteiger partial charge >= 0.3 is 5.97 Å². The Hall–Kier alpha value is -1.83. The normalized spacial score (nSPS) is 15.9. The fourth-order valence-corrected chi connectivity index (χ4v) is 2.31. The summed E-state index contributed by atoms with van der Waals surface area (Å²) in [5.41, 5.74) is -0.258. The highest BCUT2D eigenvalue weighted by molar-refractivity contribution is 6.01. The lowest BCUT2D eigenvalue weighted by Crippen LogP contribution is -2.33. The van der Waals surface area contributed by atoms with E-state index in [-0.39, 0.29) is 30.1 Å². The highest BCUT2D eigenvalue weighted by atomic mass is 16.7. The number of carbonyl (C=O) groups excluding carboxylic acids is 3. The average molecular weight is 307 g/mol. The molecule has 5 heteroatoms. The molecule has 0 radical (unpaired) electrons. The Morgan fingerprint density at radius 1 is 1.14 bits per heavy atom. The molecule has 0 bridgehead atoms. The zero-order chi connectivity index (χ0) is 17.0. The molecule has 2 amide bonds. The molecule has 0 unspecified atom stereocenters. The molecule has 0 aromatic heterocycles. The van der Waals surface area contributed by atoms with E-state index in [1.54, 1.807) is 0 Å². The quantitative estimate of drug-likeness (QED) is 0.536. The van der Waals surface area contributed by atoms with E-state index in [2.05, 4.69) is 19.8 Å². The van der Waals surface area contributed by atoms with Gasteiger partial charge in [-0.3, -0.25) is 9.59 Å². The smallest absolute Gasteiger partial charge is 0.330 e. The number of carbonyl (C=O) groups is 3. The largest absolute Gasteiger partial charge is 0.333 e. The third-order valence-electron chi connectivity index (χ3n) is 3.88. The molecule has 0 aliphatic carbocycles. The first-order chi connectivity index (χ1) is 10.1. The van der Waals surface area contributed by atoms with Crippen LogP contribution in [-0.4, -0.2) is 22.8 Å². The minimum Gasteiger partial charge on any atom is -0.330 e. The first kappa shape index (κ1) is 18.2. The van der Waals surface area contributed by atoms with Gasteiger partial charge in [-0.05, 0) is 23.7 Å². The van der Waals surface area contributed by atoms with E-state index < -0.39 is 17.8 Å². The molecule has 122 valence electrons. The fraction of sp³-hybridized carbons (Fsp3) is 0.706. The molecular formula is C17H25NO4. The average Bonchev–Trinajstić information content (AvgIpc) is 2.68. The summed E-state index contributed by atoms with van der Waals surface area (Å²) in [5.74, 6) is 1.21. The van der Waals surface area contributed by atoms with Crippen molar-refractivity contribution in [3.8, 4) is 12.3 Å². The minimum atomic E-state index is -0.552. The van der Waals surface area contributed by atoms with Crippen molar-refractivity contribution in [3.63, 3.8) is 0 Å². The van der Waals surface area contributed by atoms with Crippen LogP contribution < -0.4 is 0 Å². The van der Waals surface area contributed by atoms with Gasteiger partial charge in [0, 0.05) is 19.3 Å². The molecule has 1 saturated heterocycles. The summed E-state index contributed by atoms with van der Waals surface area (Å²) in [5, 5.41) is 0.598. The maximum Gasteiger partial charge on any atom is 0.333 e. The van der Waals surface area contributed by atoms with E-state index >= 15 is 0 Å². The summed E-state index contributed by atoms with van der Waals surface area (Å²) in [6.45, 7) is 8.13. The van der Waals surface area contributed by atoms with Crippen molar-refractivity contribution in [1.82, 2.24) is 5.06 Å². The molecule has 0 N–H and O–H groups in total. The van der Waals surface area contributed by atoms with Crippen LogP contribution in [0.3, 0.4) is 0 Å². The Morgan fingerprint density at radius 2 is 1.64 bits per heavy atom. The maximum atomic E-state index is 12.0. The molecule has 1 fully saturated rings. The summed E-state index contributed by atoms with van der Waals surface area (Å²) in [6.07, 6.45) is 8.10. The summed E-state index contributed by atoms with van der Waals surface area (Å²) in [7, 11) is 0. The molecule has 0 spiro atoms. The lowest BCUT2D eigenvalue weighted by molar-refractivity contribution is -0.199. The summed E-state index contributed by atoms with van der Waals surface area (Å²) >= 11 is 0. The molecule has 1 rings (SSSR count). The Bertz CT molecular complexity index is 483. The van der Waals surface area contributed by atoms with Crippen molar-refractivity contribution < 1.29 is 19.2 Å². The SMILES string of the molecule is C#CCC(C)(C)CCC(C)(C)CC(=O)ON1C(=O)CCC1=O. The summed E-state index contributed by atoms with van der Waals surface area (Å²) in [4.78, 5) is 39.7. The van der Waals surface area contributed by atoms with Crippen LogP contribution in [0.4, 0.5) is 0 Å². The first-order valence-corrected chi connectivity index (χ1v) is 7.56. The van der Waals surface area contributed by atoms with E-state index in [4.69, 9.17) is 11.3 Å². The van der Waals surface area contributed by atoms with Gasteiger partial charge < -0.3 is 4.84 Å². The van der Waals surface area contributed by atoms with Gasteiger partial charge in [0.05, 0.1) is 6.42 Å². The van der Waals surface area contributed by atoms with Gasteiger partial charge in [-0.25, -0.2) is 4.79 Å². The molecule has 0 aromatic rings. The second-order valence-corrected chi connectivity index (χ2v) is 7.43. The highest BCUT2D eigenvalue weighted by Crippen LogP contribution is 2.35. The Labute approximate surface area is 132 Å². The van der Waals surface area contributed by atoms with E-state index in [1.165, 1.54) is 0 Å². The van der Waals surface area contributed by atoms with E-state index in [9.17, 15) is 14.4 Å². The number of hydrogen-bond acceptors (Lipinski definition) is 4. The zero-order valence-corrected chi connectivity index (χ0v) is 13.9. The Balaban J connectivity index is 2.50. The Kier molecular flexibility index (Phi) is 5.76. The third kappa shape index (κ3) is 5.51. The van der Waals surface area contributed by atoms with E-state index in [1.807, 2.05) is 13.8 Å². The van der Waals surface area contributed by atoms with Crippen LogP contribution in [0.2, 0.25) is 0 Å². The molecule has 1 aliphatic heterocycles. The lowest BCUT2D eigenvalue weighted by Gasteiger charge is -2.29. The molecule has 1 heterocycles. The van der Waals surface area contributed by atoms with Gasteiger partial charge in [-0.15, -0.1) is 17.4 Å². The second kappa shape index (κ2) is 6.95. The number of hydrogen-bond donors (Lipinski definition) is 0.